The smallest absolute Gasteiger partial charge is 0.240 e. The quantitative estimate of drug-likeness (QED) is 0.146. The highest BCUT2D eigenvalue weighted by molar-refractivity contribution is 9.10. The van der Waals surface area contributed by atoms with E-state index in [1.165, 1.54) is 22.1 Å². The summed E-state index contributed by atoms with van der Waals surface area (Å²) in [5.74, 6) is 0.320. The molecule has 16 heteroatoms. The molecule has 2 aliphatic heterocycles. The van der Waals surface area contributed by atoms with Crippen molar-refractivity contribution >= 4 is 60.5 Å². The Morgan fingerprint density at radius 2 is 0.889 bits per heavy atom. The Balaban J connectivity index is 0.000000135. The number of morpholine rings is 2. The number of nitrogens with zero attached hydrogens (tertiary/aromatic N) is 11. The largest absolute Gasteiger partial charge is 0.379 e. The molecule has 72 heavy (non-hydrogen) atoms. The number of fused-ring (bicyclic) bond motifs is 3. The maximum atomic E-state index is 5.83. The molecule has 15 nitrogen and oxygen atoms in total. The molecular weight excluding hydrogens is 967 g/mol. The number of benzene rings is 5. The highest BCUT2D eigenvalue weighted by Gasteiger charge is 2.17. The van der Waals surface area contributed by atoms with Crippen molar-refractivity contribution < 1.29 is 9.47 Å². The summed E-state index contributed by atoms with van der Waals surface area (Å²) >= 11 is 3.43. The van der Waals surface area contributed by atoms with Gasteiger partial charge in [-0.05, 0) is 84.3 Å². The van der Waals surface area contributed by atoms with Crippen molar-refractivity contribution in [2.45, 2.75) is 20.0 Å². The van der Waals surface area contributed by atoms with Gasteiger partial charge in [-0.3, -0.25) is 24.8 Å². The number of nitrogen functional groups attached to an aromatic ring is 2. The van der Waals surface area contributed by atoms with E-state index in [4.69, 9.17) is 20.9 Å². The van der Waals surface area contributed by atoms with Crippen molar-refractivity contribution in [3.05, 3.63) is 173 Å². The molecule has 2 fully saturated rings. The first kappa shape index (κ1) is 47.9. The average molecular weight is 1020 g/mol. The van der Waals surface area contributed by atoms with Crippen LogP contribution in [0.1, 0.15) is 16.7 Å². The molecule has 0 unspecified atom stereocenters. The van der Waals surface area contributed by atoms with E-state index in [0.29, 0.717) is 11.4 Å². The Labute approximate surface area is 425 Å². The fourth-order valence-electron chi connectivity index (χ4n) is 8.73. The minimum absolute atomic E-state index is 0.160. The molecule has 7 heterocycles. The SMILES string of the molecule is Cc1cnc2ccc(Br)cc2c1.Nc1nnc(-c2ccc3ncc(CN4CCOCC4)cc3c2)c(-c2ccccc2)n1.Nc1nnc(-c2ccc3ncc(CN4CCOCC4)cc3c2)c(-c2ccccc2)n1. The van der Waals surface area contributed by atoms with Crippen LogP contribution >= 0.6 is 15.9 Å². The van der Waals surface area contributed by atoms with Gasteiger partial charge in [-0.25, -0.2) is 9.97 Å². The highest BCUT2D eigenvalue weighted by Crippen LogP contribution is 2.32. The van der Waals surface area contributed by atoms with Gasteiger partial charge in [0.25, 0.3) is 0 Å². The first-order valence-electron chi connectivity index (χ1n) is 23.8. The number of halogens is 1. The van der Waals surface area contributed by atoms with E-state index >= 15 is 0 Å². The lowest BCUT2D eigenvalue weighted by Crippen LogP contribution is -2.35. The first-order chi connectivity index (χ1) is 35.3. The molecule has 0 aliphatic carbocycles. The van der Waals surface area contributed by atoms with E-state index < -0.39 is 0 Å². The van der Waals surface area contributed by atoms with Crippen LogP contribution in [0.15, 0.2) is 157 Å². The Morgan fingerprint density at radius 1 is 0.458 bits per heavy atom. The summed E-state index contributed by atoms with van der Waals surface area (Å²) in [6.07, 6.45) is 5.80. The molecule has 0 saturated carbocycles. The van der Waals surface area contributed by atoms with Gasteiger partial charge in [0.2, 0.25) is 11.9 Å². The van der Waals surface area contributed by atoms with Gasteiger partial charge in [0.15, 0.2) is 0 Å². The van der Waals surface area contributed by atoms with Crippen LogP contribution in [-0.4, -0.2) is 108 Å². The minimum atomic E-state index is 0.160. The lowest BCUT2D eigenvalue weighted by atomic mass is 10.0. The summed E-state index contributed by atoms with van der Waals surface area (Å²) < 4.78 is 12.0. The molecular formula is C56H52BrN13O2. The van der Waals surface area contributed by atoms with E-state index in [-0.39, 0.29) is 11.9 Å². The van der Waals surface area contributed by atoms with Crippen LogP contribution in [0.25, 0.3) is 77.7 Å². The number of nitrogens with two attached hydrogens (primary N) is 2. The number of rotatable bonds is 8. The van der Waals surface area contributed by atoms with Crippen LogP contribution < -0.4 is 11.5 Å². The number of hydrogen-bond acceptors (Lipinski definition) is 15. The average Bonchev–Trinajstić information content (AvgIpc) is 3.42. The second-order valence-electron chi connectivity index (χ2n) is 17.6. The fraction of sp³-hybridized carbons (Fsp3) is 0.196. The van der Waals surface area contributed by atoms with E-state index in [1.54, 1.807) is 0 Å². The highest BCUT2D eigenvalue weighted by atomic mass is 79.9. The molecule has 360 valence electrons. The molecule has 2 saturated heterocycles. The Bertz CT molecular complexity index is 3240. The molecule has 5 aromatic carbocycles. The normalized spacial score (nSPS) is 14.1. The van der Waals surface area contributed by atoms with Gasteiger partial charge in [-0.2, -0.15) is 0 Å². The van der Waals surface area contributed by atoms with Gasteiger partial charge < -0.3 is 20.9 Å². The molecule has 12 rings (SSSR count). The van der Waals surface area contributed by atoms with Crippen LogP contribution in [0.4, 0.5) is 11.9 Å². The maximum absolute atomic E-state index is 5.83. The van der Waals surface area contributed by atoms with Crippen molar-refractivity contribution in [2.75, 3.05) is 64.1 Å². The van der Waals surface area contributed by atoms with Gasteiger partial charge in [-0.15, -0.1) is 20.4 Å². The zero-order chi connectivity index (χ0) is 49.2. The molecule has 0 atom stereocenters. The Morgan fingerprint density at radius 3 is 1.36 bits per heavy atom. The van der Waals surface area contributed by atoms with Crippen LogP contribution in [0.3, 0.4) is 0 Å². The van der Waals surface area contributed by atoms with Gasteiger partial charge in [0.05, 0.1) is 43.0 Å². The zero-order valence-electron chi connectivity index (χ0n) is 39.8. The monoisotopic (exact) mass is 1020 g/mol. The number of aryl methyl sites for hydroxylation is 1. The molecule has 5 aromatic heterocycles. The summed E-state index contributed by atoms with van der Waals surface area (Å²) in [5.41, 5.74) is 24.8. The molecule has 4 N–H and O–H groups in total. The fourth-order valence-corrected chi connectivity index (χ4v) is 9.11. The summed E-state index contributed by atoms with van der Waals surface area (Å²) in [4.78, 5) is 27.3. The van der Waals surface area contributed by atoms with E-state index in [9.17, 15) is 0 Å². The minimum Gasteiger partial charge on any atom is -0.379 e. The number of aromatic nitrogens is 9. The van der Waals surface area contributed by atoms with E-state index in [1.807, 2.05) is 123 Å². The van der Waals surface area contributed by atoms with Crippen molar-refractivity contribution in [3.63, 3.8) is 0 Å². The molecule has 10 aromatic rings. The van der Waals surface area contributed by atoms with E-state index in [2.05, 4.69) is 107 Å². The maximum Gasteiger partial charge on any atom is 0.240 e. The van der Waals surface area contributed by atoms with Gasteiger partial charge in [-0.1, -0.05) is 88.7 Å². The predicted molar refractivity (Wildman–Crippen MR) is 287 cm³/mol. The molecule has 0 bridgehead atoms. The van der Waals surface area contributed by atoms with Crippen molar-refractivity contribution in [2.24, 2.45) is 0 Å². The van der Waals surface area contributed by atoms with Crippen LogP contribution in [0, 0.1) is 6.92 Å². The molecule has 0 radical (unpaired) electrons. The van der Waals surface area contributed by atoms with Crippen molar-refractivity contribution in [3.8, 4) is 45.0 Å². The summed E-state index contributed by atoms with van der Waals surface area (Å²) in [6.45, 7) is 10.7. The standard InChI is InChI=1S/2C23H22N6O.C10H8BrN/c2*24-23-26-21(17-4-2-1-3-5-17)22(27-28-23)18-6-7-20-19(13-18)12-16(14-25-20)15-29-8-10-30-11-9-29;1-7-4-8-5-9(11)2-3-10(8)12-6-7/h2*1-7,12-14H,8-11,15H2,(H2,24,26,28);2-6H,1H3. The number of ether oxygens (including phenoxy) is 2. The van der Waals surface area contributed by atoms with Gasteiger partial charge >= 0.3 is 0 Å². The number of pyridine rings is 3. The topological polar surface area (TPSA) is 193 Å². The predicted octanol–water partition coefficient (Wildman–Crippen LogP) is 9.64. The number of hydrogen-bond donors (Lipinski definition) is 2. The lowest BCUT2D eigenvalue weighted by Gasteiger charge is -2.26. The molecule has 2 aliphatic rings. The van der Waals surface area contributed by atoms with Crippen LogP contribution in [0.5, 0.6) is 0 Å². The van der Waals surface area contributed by atoms with Crippen LogP contribution in [-0.2, 0) is 22.6 Å². The second-order valence-corrected chi connectivity index (χ2v) is 18.5. The number of anilines is 2. The summed E-state index contributed by atoms with van der Waals surface area (Å²) in [5, 5.41) is 20.0. The first-order valence-corrected chi connectivity index (χ1v) is 24.6. The third-order valence-corrected chi connectivity index (χ3v) is 12.8. The van der Waals surface area contributed by atoms with Crippen LogP contribution in [0.2, 0.25) is 0 Å². The molecule has 0 spiro atoms. The molecule has 0 amide bonds. The van der Waals surface area contributed by atoms with Gasteiger partial charge in [0, 0.05) is 101 Å². The third kappa shape index (κ3) is 11.9. The third-order valence-electron chi connectivity index (χ3n) is 12.3. The summed E-state index contributed by atoms with van der Waals surface area (Å²) in [7, 11) is 0. The van der Waals surface area contributed by atoms with Crippen molar-refractivity contribution in [1.82, 2.24) is 55.1 Å². The Kier molecular flexibility index (Phi) is 15.0. The second kappa shape index (κ2) is 22.6. The zero-order valence-corrected chi connectivity index (χ0v) is 41.4. The lowest BCUT2D eigenvalue weighted by molar-refractivity contribution is 0.0341. The van der Waals surface area contributed by atoms with Gasteiger partial charge in [0.1, 0.15) is 22.8 Å². The Hall–Kier alpha value is -7.73. The van der Waals surface area contributed by atoms with Crippen molar-refractivity contribution in [1.29, 1.82) is 0 Å². The van der Waals surface area contributed by atoms with E-state index in [0.717, 1.165) is 131 Å². The summed E-state index contributed by atoms with van der Waals surface area (Å²) in [6, 6.07) is 44.7.